The topological polar surface area (TPSA) is 77.2 Å². The number of aliphatic hydroxyl groups is 1. The number of aryl methyl sites for hydroxylation is 1. The van der Waals surface area contributed by atoms with Gasteiger partial charge in [-0.25, -0.2) is 0 Å². The summed E-state index contributed by atoms with van der Waals surface area (Å²) < 4.78 is 0. The molecular weight excluding hydrogens is 290 g/mol. The molecule has 0 unspecified atom stereocenters. The summed E-state index contributed by atoms with van der Waals surface area (Å²) in [7, 11) is 0. The summed E-state index contributed by atoms with van der Waals surface area (Å²) in [4.78, 5) is 18.8. The standard InChI is InChI=1S/C18H21N3O2/c1-3-13-9-14-12(11-20-13)8-16(22)15(10-19)17(14)21-6-4-18(2,23)5-7-21/h9,11,23H,3-8H2,1-2H3. The summed E-state index contributed by atoms with van der Waals surface area (Å²) >= 11 is 0. The number of Topliss-reactive ketones (excluding diaryl/α,β-unsaturated/α-hetero) is 1. The van der Waals surface area contributed by atoms with Crippen LogP contribution in [0, 0.1) is 11.3 Å². The summed E-state index contributed by atoms with van der Waals surface area (Å²) in [5.41, 5.74) is 3.10. The van der Waals surface area contributed by atoms with Crippen molar-refractivity contribution in [3.8, 4) is 6.07 Å². The van der Waals surface area contributed by atoms with Crippen molar-refractivity contribution < 1.29 is 9.90 Å². The van der Waals surface area contributed by atoms with E-state index in [9.17, 15) is 15.2 Å². The Balaban J connectivity index is 2.08. The van der Waals surface area contributed by atoms with Crippen LogP contribution in [0.5, 0.6) is 0 Å². The molecule has 1 aliphatic carbocycles. The number of hydrogen-bond donors (Lipinski definition) is 1. The third-order valence-corrected chi connectivity index (χ3v) is 4.80. The summed E-state index contributed by atoms with van der Waals surface area (Å²) in [6, 6.07) is 4.11. The van der Waals surface area contributed by atoms with Crippen LogP contribution in [0.1, 0.15) is 43.5 Å². The van der Waals surface area contributed by atoms with Crippen molar-refractivity contribution in [1.29, 1.82) is 5.26 Å². The van der Waals surface area contributed by atoms with E-state index in [4.69, 9.17) is 0 Å². The number of nitriles is 1. The average Bonchev–Trinajstić information content (AvgIpc) is 2.53. The molecule has 0 spiro atoms. The van der Waals surface area contributed by atoms with Crippen LogP contribution in [-0.4, -0.2) is 39.5 Å². The van der Waals surface area contributed by atoms with Gasteiger partial charge in [0.05, 0.1) is 11.3 Å². The first kappa shape index (κ1) is 15.7. The molecule has 23 heavy (non-hydrogen) atoms. The lowest BCUT2D eigenvalue weighted by Crippen LogP contribution is -2.42. The summed E-state index contributed by atoms with van der Waals surface area (Å²) in [5, 5.41) is 19.7. The second-order valence-electron chi connectivity index (χ2n) is 6.61. The molecule has 0 aromatic carbocycles. The molecule has 0 atom stereocenters. The quantitative estimate of drug-likeness (QED) is 0.902. The molecule has 120 valence electrons. The maximum Gasteiger partial charge on any atom is 0.179 e. The number of carbonyl (C=O) groups is 1. The number of carbonyl (C=O) groups excluding carboxylic acids is 1. The zero-order chi connectivity index (χ0) is 16.6. The highest BCUT2D eigenvalue weighted by atomic mass is 16.3. The minimum absolute atomic E-state index is 0.140. The smallest absolute Gasteiger partial charge is 0.179 e. The van der Waals surface area contributed by atoms with E-state index in [-0.39, 0.29) is 17.8 Å². The first-order valence-corrected chi connectivity index (χ1v) is 8.08. The van der Waals surface area contributed by atoms with Gasteiger partial charge in [-0.05, 0) is 37.8 Å². The largest absolute Gasteiger partial charge is 0.390 e. The molecule has 5 nitrogen and oxygen atoms in total. The fourth-order valence-electron chi connectivity index (χ4n) is 3.27. The van der Waals surface area contributed by atoms with Crippen molar-refractivity contribution in [2.75, 3.05) is 13.1 Å². The number of fused-ring (bicyclic) bond motifs is 1. The number of ketones is 1. The number of aromatic nitrogens is 1. The van der Waals surface area contributed by atoms with E-state index in [1.54, 1.807) is 6.20 Å². The van der Waals surface area contributed by atoms with Crippen molar-refractivity contribution >= 4 is 11.5 Å². The number of rotatable bonds is 2. The van der Waals surface area contributed by atoms with Crippen molar-refractivity contribution in [3.63, 3.8) is 0 Å². The van der Waals surface area contributed by atoms with Crippen LogP contribution in [0.15, 0.2) is 17.8 Å². The van der Waals surface area contributed by atoms with Gasteiger partial charge in [-0.15, -0.1) is 0 Å². The molecule has 1 aliphatic heterocycles. The van der Waals surface area contributed by atoms with Crippen LogP contribution in [-0.2, 0) is 17.6 Å². The number of nitrogens with zero attached hydrogens (tertiary/aromatic N) is 3. The lowest BCUT2D eigenvalue weighted by atomic mass is 9.86. The maximum absolute atomic E-state index is 12.3. The van der Waals surface area contributed by atoms with Gasteiger partial charge in [0.15, 0.2) is 5.78 Å². The third kappa shape index (κ3) is 2.87. The van der Waals surface area contributed by atoms with Gasteiger partial charge < -0.3 is 10.0 Å². The molecule has 1 aromatic heterocycles. The Hall–Kier alpha value is -2.19. The van der Waals surface area contributed by atoms with Crippen molar-refractivity contribution in [3.05, 3.63) is 34.7 Å². The molecule has 1 N–H and O–H groups in total. The van der Waals surface area contributed by atoms with Crippen LogP contribution in [0.4, 0.5) is 0 Å². The Morgan fingerprint density at radius 3 is 2.74 bits per heavy atom. The SMILES string of the molecule is CCc1cc2c(cn1)CC(=O)C(C#N)=C2N1CCC(C)(O)CC1. The highest BCUT2D eigenvalue weighted by Gasteiger charge is 2.34. The Morgan fingerprint density at radius 2 is 2.13 bits per heavy atom. The predicted octanol–water partition coefficient (Wildman–Crippen LogP) is 1.85. The molecule has 0 radical (unpaired) electrons. The van der Waals surface area contributed by atoms with Gasteiger partial charge in [0, 0.05) is 37.0 Å². The molecule has 2 heterocycles. The molecular formula is C18H21N3O2. The number of allylic oxidation sites excluding steroid dienone is 1. The molecule has 0 saturated carbocycles. The monoisotopic (exact) mass is 311 g/mol. The number of pyridine rings is 1. The fraction of sp³-hybridized carbons (Fsp3) is 0.500. The second-order valence-corrected chi connectivity index (χ2v) is 6.61. The first-order chi connectivity index (χ1) is 10.9. The van der Waals surface area contributed by atoms with E-state index in [2.05, 4.69) is 16.0 Å². The number of likely N-dealkylation sites (tertiary alicyclic amines) is 1. The van der Waals surface area contributed by atoms with E-state index in [0.717, 1.165) is 28.9 Å². The molecule has 1 aromatic rings. The van der Waals surface area contributed by atoms with Crippen molar-refractivity contribution in [2.24, 2.45) is 0 Å². The highest BCUT2D eigenvalue weighted by Crippen LogP contribution is 2.35. The van der Waals surface area contributed by atoms with E-state index in [1.807, 2.05) is 19.9 Å². The van der Waals surface area contributed by atoms with Gasteiger partial charge in [0.2, 0.25) is 0 Å². The molecule has 0 amide bonds. The predicted molar refractivity (Wildman–Crippen MR) is 86.3 cm³/mol. The number of piperidine rings is 1. The fourth-order valence-corrected chi connectivity index (χ4v) is 3.27. The average molecular weight is 311 g/mol. The minimum atomic E-state index is -0.668. The summed E-state index contributed by atoms with van der Waals surface area (Å²) in [6.45, 7) is 5.16. The Kier molecular flexibility index (Phi) is 3.95. The van der Waals surface area contributed by atoms with Gasteiger partial charge in [-0.2, -0.15) is 5.26 Å². The summed E-state index contributed by atoms with van der Waals surface area (Å²) in [6.07, 6.45) is 4.07. The number of hydrogen-bond acceptors (Lipinski definition) is 5. The summed E-state index contributed by atoms with van der Waals surface area (Å²) in [5.74, 6) is -0.140. The molecule has 1 fully saturated rings. The third-order valence-electron chi connectivity index (χ3n) is 4.80. The van der Waals surface area contributed by atoms with E-state index >= 15 is 0 Å². The van der Waals surface area contributed by atoms with Crippen LogP contribution in [0.3, 0.4) is 0 Å². The maximum atomic E-state index is 12.3. The molecule has 3 rings (SSSR count). The van der Waals surface area contributed by atoms with Crippen LogP contribution >= 0.6 is 0 Å². The van der Waals surface area contributed by atoms with Crippen LogP contribution in [0.2, 0.25) is 0 Å². The highest BCUT2D eigenvalue weighted by molar-refractivity contribution is 6.09. The normalized spacial score (nSPS) is 20.3. The lowest BCUT2D eigenvalue weighted by molar-refractivity contribution is -0.114. The van der Waals surface area contributed by atoms with Crippen molar-refractivity contribution in [2.45, 2.75) is 45.1 Å². The zero-order valence-electron chi connectivity index (χ0n) is 13.6. The lowest BCUT2D eigenvalue weighted by Gasteiger charge is -2.39. The Morgan fingerprint density at radius 1 is 1.43 bits per heavy atom. The van der Waals surface area contributed by atoms with Gasteiger partial charge in [0.25, 0.3) is 0 Å². The van der Waals surface area contributed by atoms with E-state index in [0.29, 0.717) is 25.9 Å². The zero-order valence-corrected chi connectivity index (χ0v) is 13.6. The second kappa shape index (κ2) is 5.78. The molecule has 5 heteroatoms. The van der Waals surface area contributed by atoms with E-state index < -0.39 is 5.60 Å². The van der Waals surface area contributed by atoms with Crippen LogP contribution < -0.4 is 0 Å². The van der Waals surface area contributed by atoms with Gasteiger partial charge >= 0.3 is 0 Å². The van der Waals surface area contributed by atoms with Crippen LogP contribution in [0.25, 0.3) is 5.70 Å². The minimum Gasteiger partial charge on any atom is -0.390 e. The first-order valence-electron chi connectivity index (χ1n) is 8.08. The Bertz CT molecular complexity index is 718. The van der Waals surface area contributed by atoms with E-state index in [1.165, 1.54) is 0 Å². The molecule has 0 bridgehead atoms. The van der Waals surface area contributed by atoms with Gasteiger partial charge in [-0.1, -0.05) is 6.92 Å². The van der Waals surface area contributed by atoms with Gasteiger partial charge in [-0.3, -0.25) is 9.78 Å². The van der Waals surface area contributed by atoms with Gasteiger partial charge in [0.1, 0.15) is 11.6 Å². The Labute approximate surface area is 136 Å². The van der Waals surface area contributed by atoms with Crippen molar-refractivity contribution in [1.82, 2.24) is 9.88 Å². The molecule has 1 saturated heterocycles. The molecule has 2 aliphatic rings.